The summed E-state index contributed by atoms with van der Waals surface area (Å²) in [5.74, 6) is 1.43. The van der Waals surface area contributed by atoms with E-state index in [2.05, 4.69) is 21.2 Å². The van der Waals surface area contributed by atoms with Crippen molar-refractivity contribution in [2.24, 2.45) is 5.92 Å². The van der Waals surface area contributed by atoms with Crippen LogP contribution >= 0.6 is 0 Å². The largest absolute Gasteiger partial charge is 0.490 e. The van der Waals surface area contributed by atoms with E-state index in [4.69, 9.17) is 4.74 Å². The predicted molar refractivity (Wildman–Crippen MR) is 95.6 cm³/mol. The van der Waals surface area contributed by atoms with E-state index < -0.39 is 0 Å². The molecule has 2 aliphatic rings. The molecule has 0 spiro atoms. The van der Waals surface area contributed by atoms with Crippen molar-refractivity contribution in [3.05, 3.63) is 24.3 Å². The van der Waals surface area contributed by atoms with E-state index >= 15 is 0 Å². The molecule has 0 atom stereocenters. The second-order valence-corrected chi connectivity index (χ2v) is 6.79. The lowest BCUT2D eigenvalue weighted by atomic mass is 10.0. The van der Waals surface area contributed by atoms with Crippen LogP contribution in [-0.4, -0.2) is 82.2 Å². The summed E-state index contributed by atoms with van der Waals surface area (Å²) in [7, 11) is 4.09. The molecule has 0 unspecified atom stereocenters. The third-order valence-corrected chi connectivity index (χ3v) is 4.72. The van der Waals surface area contributed by atoms with Crippen LogP contribution in [0.5, 0.6) is 5.75 Å². The molecule has 2 fully saturated rings. The van der Waals surface area contributed by atoms with E-state index in [1.165, 1.54) is 0 Å². The van der Waals surface area contributed by atoms with Gasteiger partial charge in [-0.15, -0.1) is 0 Å². The van der Waals surface area contributed by atoms with E-state index in [9.17, 15) is 4.79 Å². The number of para-hydroxylation sites is 2. The molecular weight excluding hydrogens is 304 g/mol. The lowest BCUT2D eigenvalue weighted by Crippen LogP contribution is -2.56. The van der Waals surface area contributed by atoms with Crippen molar-refractivity contribution in [3.63, 3.8) is 0 Å². The van der Waals surface area contributed by atoms with Crippen LogP contribution in [0.25, 0.3) is 0 Å². The number of carbonyl (C=O) groups excluding carboxylic acids is 1. The molecule has 0 radical (unpaired) electrons. The van der Waals surface area contributed by atoms with Crippen LogP contribution in [0.4, 0.5) is 5.69 Å². The molecule has 1 N–H and O–H groups in total. The van der Waals surface area contributed by atoms with E-state index in [0.717, 1.165) is 57.3 Å². The summed E-state index contributed by atoms with van der Waals surface area (Å²) in [6.07, 6.45) is 0. The van der Waals surface area contributed by atoms with Crippen molar-refractivity contribution in [2.45, 2.75) is 0 Å². The lowest BCUT2D eigenvalue weighted by Gasteiger charge is -2.39. The molecule has 1 amide bonds. The van der Waals surface area contributed by atoms with Crippen LogP contribution in [0, 0.1) is 5.92 Å². The smallest absolute Gasteiger partial charge is 0.228 e. The molecule has 132 valence electrons. The molecule has 2 aliphatic heterocycles. The standard InChI is InChI=1S/C18H28N4O2/c1-20(2)11-12-24-17-6-4-3-5-16(17)21-7-9-22(10-8-21)18(23)15-13-19-14-15/h3-6,15,19H,7-14H2,1-2H3. The van der Waals surface area contributed by atoms with Gasteiger partial charge in [-0.05, 0) is 26.2 Å². The van der Waals surface area contributed by atoms with E-state index in [1.54, 1.807) is 0 Å². The molecule has 2 saturated heterocycles. The Labute approximate surface area is 144 Å². The Kier molecular flexibility index (Phi) is 5.58. The zero-order chi connectivity index (χ0) is 16.9. The molecule has 0 aromatic heterocycles. The van der Waals surface area contributed by atoms with Crippen molar-refractivity contribution in [3.8, 4) is 5.75 Å². The monoisotopic (exact) mass is 332 g/mol. The molecule has 6 heteroatoms. The number of benzene rings is 1. The number of anilines is 1. The van der Waals surface area contributed by atoms with Gasteiger partial charge in [0, 0.05) is 45.8 Å². The second kappa shape index (κ2) is 7.85. The quantitative estimate of drug-likeness (QED) is 0.822. The fourth-order valence-corrected chi connectivity index (χ4v) is 3.07. The molecular formula is C18H28N4O2. The first-order chi connectivity index (χ1) is 11.6. The molecule has 0 aliphatic carbocycles. The van der Waals surface area contributed by atoms with Gasteiger partial charge in [0.25, 0.3) is 0 Å². The maximum atomic E-state index is 12.3. The Bertz CT molecular complexity index is 552. The Morgan fingerprint density at radius 2 is 1.92 bits per heavy atom. The first kappa shape index (κ1) is 17.0. The first-order valence-electron chi connectivity index (χ1n) is 8.76. The number of amides is 1. The Morgan fingerprint density at radius 3 is 2.54 bits per heavy atom. The van der Waals surface area contributed by atoms with Crippen LogP contribution < -0.4 is 15.0 Å². The summed E-state index contributed by atoms with van der Waals surface area (Å²) < 4.78 is 5.97. The second-order valence-electron chi connectivity index (χ2n) is 6.79. The average molecular weight is 332 g/mol. The van der Waals surface area contributed by atoms with E-state index in [1.807, 2.05) is 37.2 Å². The minimum atomic E-state index is 0.193. The van der Waals surface area contributed by atoms with Gasteiger partial charge in [-0.2, -0.15) is 0 Å². The third kappa shape index (κ3) is 3.99. The van der Waals surface area contributed by atoms with Gasteiger partial charge in [-0.3, -0.25) is 4.79 Å². The number of nitrogens with one attached hydrogen (secondary N) is 1. The molecule has 0 bridgehead atoms. The number of piperazine rings is 1. The molecule has 2 heterocycles. The maximum Gasteiger partial charge on any atom is 0.228 e. The Morgan fingerprint density at radius 1 is 1.21 bits per heavy atom. The van der Waals surface area contributed by atoms with Crippen molar-refractivity contribution in [1.29, 1.82) is 0 Å². The summed E-state index contributed by atoms with van der Waals surface area (Å²) in [6.45, 7) is 6.55. The number of hydrogen-bond acceptors (Lipinski definition) is 5. The van der Waals surface area contributed by atoms with E-state index in [-0.39, 0.29) is 5.92 Å². The number of nitrogens with zero attached hydrogens (tertiary/aromatic N) is 3. The minimum Gasteiger partial charge on any atom is -0.490 e. The van der Waals surface area contributed by atoms with Gasteiger partial charge in [-0.25, -0.2) is 0 Å². The van der Waals surface area contributed by atoms with E-state index in [0.29, 0.717) is 12.5 Å². The van der Waals surface area contributed by atoms with Gasteiger partial charge in [0.2, 0.25) is 5.91 Å². The minimum absolute atomic E-state index is 0.193. The number of rotatable bonds is 6. The lowest BCUT2D eigenvalue weighted by molar-refractivity contribution is -0.137. The Balaban J connectivity index is 1.56. The first-order valence-corrected chi connectivity index (χ1v) is 8.76. The van der Waals surface area contributed by atoms with Crippen molar-refractivity contribution in [1.82, 2.24) is 15.1 Å². The summed E-state index contributed by atoms with van der Waals surface area (Å²) in [6, 6.07) is 8.20. The zero-order valence-corrected chi connectivity index (χ0v) is 14.7. The van der Waals surface area contributed by atoms with Crippen LogP contribution in [-0.2, 0) is 4.79 Å². The van der Waals surface area contributed by atoms with Gasteiger partial charge < -0.3 is 24.8 Å². The molecule has 1 aromatic rings. The summed E-state index contributed by atoms with van der Waals surface area (Å²) in [4.78, 5) is 18.8. The highest BCUT2D eigenvalue weighted by Gasteiger charge is 2.31. The normalized spacial score (nSPS) is 18.6. The van der Waals surface area contributed by atoms with Gasteiger partial charge in [0.1, 0.15) is 12.4 Å². The number of ether oxygens (including phenoxy) is 1. The summed E-state index contributed by atoms with van der Waals surface area (Å²) in [5, 5.41) is 3.17. The van der Waals surface area contributed by atoms with Crippen LogP contribution in [0.15, 0.2) is 24.3 Å². The SMILES string of the molecule is CN(C)CCOc1ccccc1N1CCN(C(=O)C2CNC2)CC1. The summed E-state index contributed by atoms with van der Waals surface area (Å²) >= 11 is 0. The van der Waals surface area contributed by atoms with Crippen LogP contribution in [0.3, 0.4) is 0 Å². The average Bonchev–Trinajstić information content (AvgIpc) is 2.53. The van der Waals surface area contributed by atoms with Crippen LogP contribution in [0.2, 0.25) is 0 Å². The molecule has 24 heavy (non-hydrogen) atoms. The van der Waals surface area contributed by atoms with Gasteiger partial charge in [-0.1, -0.05) is 12.1 Å². The maximum absolute atomic E-state index is 12.3. The zero-order valence-electron chi connectivity index (χ0n) is 14.7. The predicted octanol–water partition coefficient (Wildman–Crippen LogP) is 0.495. The number of hydrogen-bond donors (Lipinski definition) is 1. The van der Waals surface area contributed by atoms with Crippen molar-refractivity contribution < 1.29 is 9.53 Å². The third-order valence-electron chi connectivity index (χ3n) is 4.72. The molecule has 3 rings (SSSR count). The topological polar surface area (TPSA) is 48.1 Å². The summed E-state index contributed by atoms with van der Waals surface area (Å²) in [5.41, 5.74) is 1.13. The highest BCUT2D eigenvalue weighted by atomic mass is 16.5. The van der Waals surface area contributed by atoms with Gasteiger partial charge in [0.05, 0.1) is 11.6 Å². The van der Waals surface area contributed by atoms with Crippen molar-refractivity contribution >= 4 is 11.6 Å². The van der Waals surface area contributed by atoms with Gasteiger partial charge in [0.15, 0.2) is 0 Å². The fraction of sp³-hybridized carbons (Fsp3) is 0.611. The highest BCUT2D eigenvalue weighted by Crippen LogP contribution is 2.29. The van der Waals surface area contributed by atoms with Crippen molar-refractivity contribution in [2.75, 3.05) is 71.4 Å². The molecule has 0 saturated carbocycles. The molecule has 6 nitrogen and oxygen atoms in total. The Hall–Kier alpha value is -1.79. The fourth-order valence-electron chi connectivity index (χ4n) is 3.07. The number of likely N-dealkylation sites (N-methyl/N-ethyl adjacent to an activating group) is 1. The van der Waals surface area contributed by atoms with Gasteiger partial charge >= 0.3 is 0 Å². The van der Waals surface area contributed by atoms with Crippen LogP contribution in [0.1, 0.15) is 0 Å². The molecule has 1 aromatic carbocycles. The number of carbonyl (C=O) groups is 1. The highest BCUT2D eigenvalue weighted by molar-refractivity contribution is 5.80.